The predicted octanol–water partition coefficient (Wildman–Crippen LogP) is 4.95. The molecule has 3 aromatic rings. The molecule has 7 nitrogen and oxygen atoms in total. The van der Waals surface area contributed by atoms with Gasteiger partial charge in [-0.2, -0.15) is 4.98 Å². The second-order valence-electron chi connectivity index (χ2n) is 8.50. The number of nitrogens with one attached hydrogen (secondary N) is 2. The number of benzene rings is 2. The van der Waals surface area contributed by atoms with E-state index in [1.54, 1.807) is 13.3 Å². The van der Waals surface area contributed by atoms with E-state index in [0.717, 1.165) is 53.8 Å². The van der Waals surface area contributed by atoms with E-state index in [1.807, 2.05) is 36.4 Å². The topological polar surface area (TPSA) is 79.4 Å². The zero-order chi connectivity index (χ0) is 22.8. The average molecular weight is 577 g/mol. The van der Waals surface area contributed by atoms with Gasteiger partial charge in [0.1, 0.15) is 11.6 Å². The van der Waals surface area contributed by atoms with E-state index in [2.05, 4.69) is 53.3 Å². The molecule has 0 unspecified atom stereocenters. The molecule has 2 aliphatic rings. The third-order valence-corrected chi connectivity index (χ3v) is 10.3. The van der Waals surface area contributed by atoms with E-state index in [-0.39, 0.29) is 0 Å². The fraction of sp³-hybridized carbons (Fsp3) is 0.333. The standard InChI is InChI=1S/C24H28IN5O2S/c1-32-20-8-11-22-18(15-20)3-2-14-30(22)23-12-13-26-24(29-23)28-19-6-9-21(10-7-19)33(25,31)27-16-17-4-5-17/h6-13,15,17,33H,2-5,14,16H2,1H3,(H,27,31)(H,26,28,29). The van der Waals surface area contributed by atoms with Crippen LogP contribution in [0.2, 0.25) is 0 Å². The fourth-order valence-corrected chi connectivity index (χ4v) is 6.79. The Kier molecular flexibility index (Phi) is 6.53. The van der Waals surface area contributed by atoms with Crippen LogP contribution in [0.5, 0.6) is 5.75 Å². The van der Waals surface area contributed by atoms with Crippen molar-refractivity contribution in [1.29, 1.82) is 0 Å². The van der Waals surface area contributed by atoms with Crippen LogP contribution < -0.4 is 19.7 Å². The number of anilines is 4. The van der Waals surface area contributed by atoms with Crippen molar-refractivity contribution in [2.75, 3.05) is 30.4 Å². The number of fused-ring (bicyclic) bond motifs is 1. The maximum Gasteiger partial charge on any atom is 0.229 e. The van der Waals surface area contributed by atoms with Crippen molar-refractivity contribution in [2.24, 2.45) is 5.92 Å². The van der Waals surface area contributed by atoms with Crippen LogP contribution in [0.1, 0.15) is 24.8 Å². The summed E-state index contributed by atoms with van der Waals surface area (Å²) in [6.45, 7) is 1.73. The zero-order valence-electron chi connectivity index (χ0n) is 18.5. The number of ether oxygens (including phenoxy) is 1. The van der Waals surface area contributed by atoms with E-state index < -0.39 is 7.29 Å². The molecular formula is C24H28IN5O2S. The molecule has 5 rings (SSSR count). The van der Waals surface area contributed by atoms with Crippen molar-refractivity contribution < 1.29 is 8.95 Å². The Morgan fingerprint density at radius 2 is 2.00 bits per heavy atom. The van der Waals surface area contributed by atoms with E-state index in [1.165, 1.54) is 18.4 Å². The number of halogens is 1. The van der Waals surface area contributed by atoms with E-state index >= 15 is 0 Å². The fourth-order valence-electron chi connectivity index (χ4n) is 4.02. The summed E-state index contributed by atoms with van der Waals surface area (Å²) in [6.07, 6.45) is 6.34. The first-order chi connectivity index (χ1) is 16.0. The molecule has 0 bridgehead atoms. The minimum absolute atomic E-state index is 0.533. The summed E-state index contributed by atoms with van der Waals surface area (Å²) in [5, 5.41) is 3.28. The Morgan fingerprint density at radius 1 is 1.18 bits per heavy atom. The summed E-state index contributed by atoms with van der Waals surface area (Å²) >= 11 is 2.06. The largest absolute Gasteiger partial charge is 0.497 e. The van der Waals surface area contributed by atoms with Crippen molar-refractivity contribution in [2.45, 2.75) is 30.6 Å². The van der Waals surface area contributed by atoms with Gasteiger partial charge in [-0.3, -0.25) is 4.21 Å². The van der Waals surface area contributed by atoms with Crippen LogP contribution in [0.4, 0.5) is 23.1 Å². The highest BCUT2D eigenvalue weighted by atomic mass is 127. The molecule has 2 N–H and O–H groups in total. The van der Waals surface area contributed by atoms with Crippen molar-refractivity contribution >= 4 is 51.6 Å². The molecule has 2 aromatic carbocycles. The Labute approximate surface area is 207 Å². The molecule has 0 atom stereocenters. The average Bonchev–Trinajstić information content (AvgIpc) is 3.67. The lowest BCUT2D eigenvalue weighted by Gasteiger charge is -2.30. The number of aromatic nitrogens is 2. The minimum Gasteiger partial charge on any atom is -0.497 e. The molecule has 2 heterocycles. The highest BCUT2D eigenvalue weighted by Crippen LogP contribution is 2.35. The van der Waals surface area contributed by atoms with Gasteiger partial charge < -0.3 is 15.0 Å². The number of hydrogen-bond donors (Lipinski definition) is 3. The number of methoxy groups -OCH3 is 1. The van der Waals surface area contributed by atoms with Crippen LogP contribution in [-0.2, 0) is 13.7 Å². The van der Waals surface area contributed by atoms with Crippen LogP contribution in [-0.4, -0.2) is 34.4 Å². The number of thiol groups is 1. The first kappa shape index (κ1) is 22.5. The highest BCUT2D eigenvalue weighted by Gasteiger charge is 2.24. The minimum atomic E-state index is -2.58. The van der Waals surface area contributed by atoms with Gasteiger partial charge in [0, 0.05) is 64.1 Å². The Balaban J connectivity index is 1.31. The Hall–Kier alpha value is -2.24. The van der Waals surface area contributed by atoms with Gasteiger partial charge in [0.25, 0.3) is 0 Å². The smallest absolute Gasteiger partial charge is 0.229 e. The molecule has 33 heavy (non-hydrogen) atoms. The Bertz CT molecular complexity index is 1190. The molecule has 1 aliphatic carbocycles. The number of hydrogen-bond acceptors (Lipinski definition) is 6. The van der Waals surface area contributed by atoms with Gasteiger partial charge in [0.15, 0.2) is 0 Å². The molecule has 9 heteroatoms. The maximum atomic E-state index is 13.0. The third-order valence-electron chi connectivity index (χ3n) is 6.06. The molecule has 1 aliphatic heterocycles. The maximum absolute atomic E-state index is 13.0. The van der Waals surface area contributed by atoms with Gasteiger partial charge in [-0.15, -0.1) is 0 Å². The lowest BCUT2D eigenvalue weighted by molar-refractivity contribution is 0.414. The first-order valence-electron chi connectivity index (χ1n) is 11.2. The number of nitrogens with zero attached hydrogens (tertiary/aromatic N) is 3. The van der Waals surface area contributed by atoms with Gasteiger partial charge in [-0.05, 0) is 85.7 Å². The second-order valence-corrected chi connectivity index (χ2v) is 14.5. The molecule has 174 valence electrons. The van der Waals surface area contributed by atoms with Crippen molar-refractivity contribution in [3.8, 4) is 5.75 Å². The monoisotopic (exact) mass is 577 g/mol. The van der Waals surface area contributed by atoms with Crippen molar-refractivity contribution in [3.63, 3.8) is 0 Å². The lowest BCUT2D eigenvalue weighted by atomic mass is 10.0. The van der Waals surface area contributed by atoms with Gasteiger partial charge in [0.05, 0.1) is 7.11 Å². The van der Waals surface area contributed by atoms with E-state index in [9.17, 15) is 4.21 Å². The van der Waals surface area contributed by atoms with Crippen LogP contribution in [0.15, 0.2) is 59.6 Å². The Morgan fingerprint density at radius 3 is 2.76 bits per heavy atom. The summed E-state index contributed by atoms with van der Waals surface area (Å²) in [6, 6.07) is 15.8. The third kappa shape index (κ3) is 5.30. The predicted molar refractivity (Wildman–Crippen MR) is 143 cm³/mol. The summed E-state index contributed by atoms with van der Waals surface area (Å²) in [5.41, 5.74) is 3.29. The lowest BCUT2D eigenvalue weighted by Crippen LogP contribution is -2.27. The highest BCUT2D eigenvalue weighted by molar-refractivity contribution is 14.2. The molecule has 1 saturated carbocycles. The normalized spacial score (nSPS) is 16.2. The summed E-state index contributed by atoms with van der Waals surface area (Å²) < 4.78 is 21.6. The van der Waals surface area contributed by atoms with E-state index in [0.29, 0.717) is 11.9 Å². The van der Waals surface area contributed by atoms with Gasteiger partial charge in [0.2, 0.25) is 5.95 Å². The van der Waals surface area contributed by atoms with E-state index in [4.69, 9.17) is 9.72 Å². The molecule has 0 amide bonds. The summed E-state index contributed by atoms with van der Waals surface area (Å²) in [4.78, 5) is 12.2. The summed E-state index contributed by atoms with van der Waals surface area (Å²) in [5.74, 6) is 2.96. The SMILES string of the molecule is COc1ccc2c(c1)CCCN2c1ccnc(Nc2ccc([SH](=O)(I)NCC3CC3)cc2)n1. The number of rotatable bonds is 8. The number of aryl methyl sites for hydroxylation is 1. The molecule has 0 spiro atoms. The first-order valence-corrected chi connectivity index (χ1v) is 15.7. The van der Waals surface area contributed by atoms with Crippen LogP contribution in [0.3, 0.4) is 0 Å². The van der Waals surface area contributed by atoms with Crippen LogP contribution >= 0.6 is 21.2 Å². The van der Waals surface area contributed by atoms with Gasteiger partial charge >= 0.3 is 0 Å². The molecule has 1 fully saturated rings. The molecule has 1 aromatic heterocycles. The molecule has 0 radical (unpaired) electrons. The zero-order valence-corrected chi connectivity index (χ0v) is 21.6. The quantitative estimate of drug-likeness (QED) is 0.200. The van der Waals surface area contributed by atoms with Crippen molar-refractivity contribution in [3.05, 3.63) is 60.3 Å². The molecule has 0 saturated heterocycles. The summed E-state index contributed by atoms with van der Waals surface area (Å²) in [7, 11) is -0.884. The second kappa shape index (κ2) is 9.55. The van der Waals surface area contributed by atoms with Gasteiger partial charge in [-0.1, -0.05) is 0 Å². The molecular weight excluding hydrogens is 549 g/mol. The van der Waals surface area contributed by atoms with Crippen LogP contribution in [0, 0.1) is 5.92 Å². The van der Waals surface area contributed by atoms with Gasteiger partial charge in [-0.25, -0.2) is 9.71 Å². The van der Waals surface area contributed by atoms with Crippen molar-refractivity contribution in [1.82, 2.24) is 14.7 Å². The van der Waals surface area contributed by atoms with Crippen LogP contribution in [0.25, 0.3) is 0 Å².